The van der Waals surface area contributed by atoms with Crippen molar-refractivity contribution in [2.45, 2.75) is 22.5 Å². The Morgan fingerprint density at radius 1 is 1.00 bits per heavy atom. The minimum atomic E-state index is 0.192. The van der Waals surface area contributed by atoms with E-state index in [-0.39, 0.29) is 4.83 Å². The Balaban J connectivity index is 1.89. The highest BCUT2D eigenvalue weighted by atomic mass is 79.9. The molecule has 4 fully saturated rings. The fourth-order valence-corrected chi connectivity index (χ4v) is 7.31. The first-order valence-electron chi connectivity index (χ1n) is 5.52. The van der Waals surface area contributed by atoms with Gasteiger partial charge in [-0.15, -0.1) is 0 Å². The lowest BCUT2D eigenvalue weighted by molar-refractivity contribution is -0.121. The van der Waals surface area contributed by atoms with Crippen LogP contribution in [-0.2, 0) is 4.79 Å². The van der Waals surface area contributed by atoms with Crippen LogP contribution in [0.1, 0.15) is 12.8 Å². The van der Waals surface area contributed by atoms with E-state index in [1.165, 1.54) is 12.8 Å². The van der Waals surface area contributed by atoms with Gasteiger partial charge in [-0.2, -0.15) is 0 Å². The van der Waals surface area contributed by atoms with Gasteiger partial charge in [-0.05, 0) is 42.4 Å². The number of hydrogen-bond donors (Lipinski definition) is 0. The van der Waals surface area contributed by atoms with Crippen molar-refractivity contribution in [1.82, 2.24) is 0 Å². The molecule has 0 aromatic carbocycles. The largest absolute Gasteiger partial charge is 0.298 e. The van der Waals surface area contributed by atoms with E-state index in [0.717, 1.165) is 23.7 Å². The summed E-state index contributed by atoms with van der Waals surface area (Å²) in [6.07, 6.45) is 2.61. The maximum Gasteiger partial charge on any atom is 0.150 e. The Hall–Kier alpha value is 0.630. The number of carbonyl (C=O) groups is 1. The zero-order valence-corrected chi connectivity index (χ0v) is 10.9. The predicted molar refractivity (Wildman–Crippen MR) is 60.6 cm³/mol. The molecule has 4 saturated carbocycles. The molecule has 76 valence electrons. The van der Waals surface area contributed by atoms with Crippen molar-refractivity contribution in [2.75, 3.05) is 0 Å². The molecule has 4 aliphatic carbocycles. The summed E-state index contributed by atoms with van der Waals surface area (Å²) in [7, 11) is 0. The third-order valence-corrected chi connectivity index (χ3v) is 7.35. The topological polar surface area (TPSA) is 17.1 Å². The molecule has 0 N–H and O–H groups in total. The lowest BCUT2D eigenvalue weighted by Crippen LogP contribution is -2.26. The van der Waals surface area contributed by atoms with Gasteiger partial charge in [0.05, 0.1) is 4.83 Å². The van der Waals surface area contributed by atoms with Crippen molar-refractivity contribution in [3.05, 3.63) is 0 Å². The van der Waals surface area contributed by atoms with Crippen LogP contribution in [0.15, 0.2) is 0 Å². The summed E-state index contributed by atoms with van der Waals surface area (Å²) in [5.41, 5.74) is 0. The van der Waals surface area contributed by atoms with Gasteiger partial charge in [-0.3, -0.25) is 4.79 Å². The SMILES string of the molecule is O=C1[C@H]2[C@H]3C[C@H](Br)[C@@H]4[C@H]3C[C@@H]2[C@H]4[C@H]1Br. The van der Waals surface area contributed by atoms with Gasteiger partial charge in [0, 0.05) is 10.7 Å². The molecule has 2 bridgehead atoms. The molecule has 4 aliphatic rings. The molecule has 1 nitrogen and oxygen atoms in total. The standard InChI is InChI=1S/C11H12Br2O/c12-6-2-4-3-1-5-7(4)11(14)10(13)9(5)8(3)6/h3-10H,1-2H2/t3-,4-,5-,6-,7-,8-,9+,10+/m0/s1. The molecule has 4 rings (SSSR count). The Labute approximate surface area is 100 Å². The van der Waals surface area contributed by atoms with Crippen LogP contribution >= 0.6 is 31.9 Å². The van der Waals surface area contributed by atoms with Crippen LogP contribution < -0.4 is 0 Å². The molecule has 0 amide bonds. The number of carbonyl (C=O) groups excluding carboxylic acids is 1. The Bertz CT molecular complexity index is 327. The lowest BCUT2D eigenvalue weighted by atomic mass is 9.80. The molecule has 0 radical (unpaired) electrons. The van der Waals surface area contributed by atoms with Crippen molar-refractivity contribution < 1.29 is 4.79 Å². The van der Waals surface area contributed by atoms with Gasteiger partial charge in [0.25, 0.3) is 0 Å². The molecule has 8 atom stereocenters. The van der Waals surface area contributed by atoms with E-state index in [1.807, 2.05) is 0 Å². The second kappa shape index (κ2) is 2.48. The summed E-state index contributed by atoms with van der Waals surface area (Å²) >= 11 is 7.47. The van der Waals surface area contributed by atoms with E-state index in [9.17, 15) is 4.79 Å². The van der Waals surface area contributed by atoms with Gasteiger partial charge in [0.15, 0.2) is 0 Å². The summed E-state index contributed by atoms with van der Waals surface area (Å²) in [6.45, 7) is 0. The number of halogens is 2. The maximum atomic E-state index is 12.1. The summed E-state index contributed by atoms with van der Waals surface area (Å²) in [6, 6.07) is 0. The minimum Gasteiger partial charge on any atom is -0.298 e. The second-order valence-corrected chi connectivity index (χ2v) is 7.63. The molecule has 3 heteroatoms. The molecular weight excluding hydrogens is 308 g/mol. The average Bonchev–Trinajstić information content (AvgIpc) is 2.76. The summed E-state index contributed by atoms with van der Waals surface area (Å²) in [4.78, 5) is 13.0. The van der Waals surface area contributed by atoms with Gasteiger partial charge in [0.2, 0.25) is 0 Å². The van der Waals surface area contributed by atoms with Crippen LogP contribution in [0.4, 0.5) is 0 Å². The monoisotopic (exact) mass is 318 g/mol. The van der Waals surface area contributed by atoms with Crippen LogP contribution in [0.3, 0.4) is 0 Å². The van der Waals surface area contributed by atoms with Crippen molar-refractivity contribution >= 4 is 37.6 Å². The highest BCUT2D eigenvalue weighted by molar-refractivity contribution is 9.10. The van der Waals surface area contributed by atoms with Gasteiger partial charge < -0.3 is 0 Å². The first-order chi connectivity index (χ1) is 6.70. The molecule has 0 unspecified atom stereocenters. The number of ketones is 1. The molecule has 0 aromatic rings. The van der Waals surface area contributed by atoms with Gasteiger partial charge in [0.1, 0.15) is 5.78 Å². The van der Waals surface area contributed by atoms with Crippen LogP contribution in [0.2, 0.25) is 0 Å². The number of rotatable bonds is 0. The Morgan fingerprint density at radius 2 is 1.79 bits per heavy atom. The van der Waals surface area contributed by atoms with Crippen molar-refractivity contribution in [2.24, 2.45) is 35.5 Å². The Kier molecular flexibility index (Phi) is 1.55. The van der Waals surface area contributed by atoms with E-state index in [4.69, 9.17) is 0 Å². The molecule has 0 saturated heterocycles. The quantitative estimate of drug-likeness (QED) is 0.627. The van der Waals surface area contributed by atoms with E-state index in [0.29, 0.717) is 22.4 Å². The molecule has 0 aliphatic heterocycles. The summed E-state index contributed by atoms with van der Waals surface area (Å²) in [5, 5.41) is 0. The van der Waals surface area contributed by atoms with Gasteiger partial charge in [-0.1, -0.05) is 31.9 Å². The number of Topliss-reactive ketones (excluding diaryl/α,β-unsaturated/α-hetero) is 1. The average molecular weight is 320 g/mol. The van der Waals surface area contributed by atoms with Crippen molar-refractivity contribution in [3.8, 4) is 0 Å². The van der Waals surface area contributed by atoms with Crippen LogP contribution in [0, 0.1) is 35.5 Å². The van der Waals surface area contributed by atoms with E-state index < -0.39 is 0 Å². The fraction of sp³-hybridized carbons (Fsp3) is 0.909. The van der Waals surface area contributed by atoms with Crippen LogP contribution in [-0.4, -0.2) is 15.4 Å². The Morgan fingerprint density at radius 3 is 2.57 bits per heavy atom. The molecule has 0 aromatic heterocycles. The van der Waals surface area contributed by atoms with Crippen molar-refractivity contribution in [1.29, 1.82) is 0 Å². The smallest absolute Gasteiger partial charge is 0.150 e. The minimum absolute atomic E-state index is 0.192. The molecule has 0 spiro atoms. The first-order valence-corrected chi connectivity index (χ1v) is 7.35. The zero-order valence-electron chi connectivity index (χ0n) is 7.70. The van der Waals surface area contributed by atoms with Crippen molar-refractivity contribution in [3.63, 3.8) is 0 Å². The molecule has 14 heavy (non-hydrogen) atoms. The van der Waals surface area contributed by atoms with Crippen LogP contribution in [0.5, 0.6) is 0 Å². The van der Waals surface area contributed by atoms with E-state index in [2.05, 4.69) is 31.9 Å². The number of alkyl halides is 2. The third kappa shape index (κ3) is 0.722. The van der Waals surface area contributed by atoms with E-state index >= 15 is 0 Å². The predicted octanol–water partition coefficient (Wildman–Crippen LogP) is 2.61. The molecular formula is C11H12Br2O. The third-order valence-electron chi connectivity index (χ3n) is 5.30. The zero-order chi connectivity index (χ0) is 9.61. The summed E-state index contributed by atoms with van der Waals surface area (Å²) < 4.78 is 0. The molecule has 0 heterocycles. The lowest BCUT2D eigenvalue weighted by Gasteiger charge is -2.26. The highest BCUT2D eigenvalue weighted by Gasteiger charge is 2.71. The van der Waals surface area contributed by atoms with Gasteiger partial charge in [-0.25, -0.2) is 0 Å². The maximum absolute atomic E-state index is 12.1. The normalized spacial score (nSPS) is 68.3. The highest BCUT2D eigenvalue weighted by Crippen LogP contribution is 2.71. The van der Waals surface area contributed by atoms with Crippen LogP contribution in [0.25, 0.3) is 0 Å². The fourth-order valence-electron chi connectivity index (χ4n) is 5.09. The first kappa shape index (κ1) is 8.74. The van der Waals surface area contributed by atoms with E-state index in [1.54, 1.807) is 0 Å². The summed E-state index contributed by atoms with van der Waals surface area (Å²) in [5.74, 6) is 4.81. The second-order valence-electron chi connectivity index (χ2n) is 5.46. The number of hydrogen-bond acceptors (Lipinski definition) is 1. The van der Waals surface area contributed by atoms with Gasteiger partial charge >= 0.3 is 0 Å². The number of fused-ring (bicyclic) bond motifs is 2.